The molecule has 1 N–H and O–H groups in total. The number of nitrogens with one attached hydrogen (secondary N) is 1. The molecule has 0 aliphatic carbocycles. The normalized spacial score (nSPS) is 11.1. The lowest BCUT2D eigenvalue weighted by Gasteiger charge is -2.05. The number of H-pyrrole nitrogens is 1. The number of halogens is 1. The van der Waals surface area contributed by atoms with Crippen LogP contribution in [-0.2, 0) is 6.54 Å². The van der Waals surface area contributed by atoms with Crippen LogP contribution in [0.5, 0.6) is 0 Å². The number of fused-ring (bicyclic) bond motifs is 1. The lowest BCUT2D eigenvalue weighted by molar-refractivity contribution is 0.662. The van der Waals surface area contributed by atoms with Crippen molar-refractivity contribution in [2.24, 2.45) is 5.18 Å². The number of hydrogen-bond acceptors (Lipinski definition) is 4. The first-order valence-electron chi connectivity index (χ1n) is 7.84. The zero-order valence-corrected chi connectivity index (χ0v) is 15.0. The number of hydrogen-bond donors (Lipinski definition) is 1. The second-order valence-electron chi connectivity index (χ2n) is 5.61. The van der Waals surface area contributed by atoms with E-state index in [1.807, 2.05) is 42.2 Å². The average molecular weight is 396 g/mol. The van der Waals surface area contributed by atoms with E-state index < -0.39 is 0 Å². The molecule has 4 rings (SSSR count). The molecule has 0 spiro atoms. The Hall–Kier alpha value is -2.80. The third-order valence-electron chi connectivity index (χ3n) is 4.13. The van der Waals surface area contributed by atoms with Crippen LogP contribution < -0.4 is 0 Å². The molecule has 124 valence electrons. The minimum Gasteiger partial charge on any atom is -0.345 e. The maximum Gasteiger partial charge on any atom is 0.139 e. The molecule has 0 bridgehead atoms. The first kappa shape index (κ1) is 15.7. The van der Waals surface area contributed by atoms with Crippen molar-refractivity contribution in [1.82, 2.24) is 19.7 Å². The highest BCUT2D eigenvalue weighted by atomic mass is 79.9. The first-order chi connectivity index (χ1) is 12.2. The average Bonchev–Trinajstić information content (AvgIpc) is 3.26. The predicted octanol–water partition coefficient (Wildman–Crippen LogP) is 5.27. The molecule has 0 fully saturated rings. The zero-order chi connectivity index (χ0) is 17.4. The third-order valence-corrected chi connectivity index (χ3v) is 4.75. The number of rotatable bonds is 4. The molecule has 0 aliphatic rings. The van der Waals surface area contributed by atoms with E-state index in [1.165, 1.54) is 0 Å². The number of benzene rings is 1. The summed E-state index contributed by atoms with van der Waals surface area (Å²) in [7, 11) is 0. The molecule has 0 aliphatic heterocycles. The number of pyridine rings is 1. The summed E-state index contributed by atoms with van der Waals surface area (Å²) in [5, 5.41) is 8.74. The maximum atomic E-state index is 10.9. The molecule has 1 aromatic carbocycles. The highest BCUT2D eigenvalue weighted by Gasteiger charge is 2.17. The molecule has 6 nitrogen and oxygen atoms in total. The van der Waals surface area contributed by atoms with Crippen molar-refractivity contribution in [3.05, 3.63) is 58.3 Å². The lowest BCUT2D eigenvalue weighted by atomic mass is 10.0. The van der Waals surface area contributed by atoms with Crippen LogP contribution in [0.25, 0.3) is 33.4 Å². The topological polar surface area (TPSA) is 75.9 Å². The van der Waals surface area contributed by atoms with Crippen molar-refractivity contribution in [1.29, 1.82) is 0 Å². The van der Waals surface area contributed by atoms with Gasteiger partial charge in [-0.05, 0) is 51.8 Å². The number of aromatic nitrogens is 4. The van der Waals surface area contributed by atoms with Crippen LogP contribution in [0.2, 0.25) is 0 Å². The number of aromatic amines is 1. The van der Waals surface area contributed by atoms with Crippen molar-refractivity contribution in [3.8, 4) is 22.4 Å². The van der Waals surface area contributed by atoms with E-state index in [4.69, 9.17) is 5.10 Å². The highest BCUT2D eigenvalue weighted by Crippen LogP contribution is 2.38. The van der Waals surface area contributed by atoms with Crippen LogP contribution in [0, 0.1) is 4.91 Å². The molecule has 3 aromatic heterocycles. The second kappa shape index (κ2) is 6.25. The van der Waals surface area contributed by atoms with Crippen molar-refractivity contribution >= 4 is 32.7 Å². The predicted molar refractivity (Wildman–Crippen MR) is 102 cm³/mol. The lowest BCUT2D eigenvalue weighted by Crippen LogP contribution is -1.93. The van der Waals surface area contributed by atoms with Crippen LogP contribution in [0.4, 0.5) is 5.69 Å². The van der Waals surface area contributed by atoms with Gasteiger partial charge < -0.3 is 4.98 Å². The molecule has 0 amide bonds. The van der Waals surface area contributed by atoms with E-state index in [1.54, 1.807) is 18.3 Å². The molecule has 7 heteroatoms. The molecule has 4 aromatic rings. The van der Waals surface area contributed by atoms with Gasteiger partial charge in [0.15, 0.2) is 0 Å². The van der Waals surface area contributed by atoms with Crippen molar-refractivity contribution in [2.45, 2.75) is 13.5 Å². The fraction of sp³-hybridized carbons (Fsp3) is 0.111. The molecule has 0 radical (unpaired) electrons. The van der Waals surface area contributed by atoms with Gasteiger partial charge in [-0.3, -0.25) is 4.68 Å². The first-order valence-corrected chi connectivity index (χ1v) is 8.63. The molecule has 0 unspecified atom stereocenters. The van der Waals surface area contributed by atoms with Gasteiger partial charge in [0.25, 0.3) is 0 Å². The number of nitrogens with zero attached hydrogens (tertiary/aromatic N) is 4. The summed E-state index contributed by atoms with van der Waals surface area (Å²) in [5.74, 6) is 0. The summed E-state index contributed by atoms with van der Waals surface area (Å²) in [6, 6.07) is 9.16. The maximum absolute atomic E-state index is 10.9. The molecular weight excluding hydrogens is 382 g/mol. The fourth-order valence-electron chi connectivity index (χ4n) is 2.94. The van der Waals surface area contributed by atoms with Crippen LogP contribution >= 0.6 is 15.9 Å². The summed E-state index contributed by atoms with van der Waals surface area (Å²) in [4.78, 5) is 18.4. The summed E-state index contributed by atoms with van der Waals surface area (Å²) in [6.45, 7) is 2.79. The Morgan fingerprint density at radius 3 is 2.96 bits per heavy atom. The summed E-state index contributed by atoms with van der Waals surface area (Å²) in [5.41, 5.74) is 4.87. The Balaban J connectivity index is 2.00. The van der Waals surface area contributed by atoms with E-state index in [9.17, 15) is 4.91 Å². The van der Waals surface area contributed by atoms with Crippen LogP contribution in [0.15, 0.2) is 58.6 Å². The third kappa shape index (κ3) is 2.66. The van der Waals surface area contributed by atoms with Gasteiger partial charge in [-0.15, -0.1) is 4.91 Å². The smallest absolute Gasteiger partial charge is 0.139 e. The number of nitroso groups, excluding NO2 is 1. The SMILES string of the molecule is CCn1cc(-c2ccnc3[nH]cc(Br)c23)c(-c2cccc(N=O)c2)n1. The van der Waals surface area contributed by atoms with Crippen molar-refractivity contribution in [2.75, 3.05) is 0 Å². The summed E-state index contributed by atoms with van der Waals surface area (Å²) < 4.78 is 2.84. The van der Waals surface area contributed by atoms with Gasteiger partial charge in [0, 0.05) is 46.1 Å². The van der Waals surface area contributed by atoms with Crippen LogP contribution in [-0.4, -0.2) is 19.7 Å². The molecule has 0 atom stereocenters. The highest BCUT2D eigenvalue weighted by molar-refractivity contribution is 9.10. The largest absolute Gasteiger partial charge is 0.345 e. The molecule has 0 saturated heterocycles. The minimum absolute atomic E-state index is 0.386. The van der Waals surface area contributed by atoms with E-state index >= 15 is 0 Å². The van der Waals surface area contributed by atoms with Crippen molar-refractivity contribution in [3.63, 3.8) is 0 Å². The fourth-order valence-corrected chi connectivity index (χ4v) is 3.46. The van der Waals surface area contributed by atoms with Crippen LogP contribution in [0.3, 0.4) is 0 Å². The minimum atomic E-state index is 0.386. The zero-order valence-electron chi connectivity index (χ0n) is 13.4. The Morgan fingerprint density at radius 1 is 1.28 bits per heavy atom. The van der Waals surface area contributed by atoms with Gasteiger partial charge in [0.1, 0.15) is 17.0 Å². The van der Waals surface area contributed by atoms with Gasteiger partial charge in [0.2, 0.25) is 0 Å². The van der Waals surface area contributed by atoms with E-state index in [0.29, 0.717) is 5.69 Å². The van der Waals surface area contributed by atoms with Gasteiger partial charge in [-0.1, -0.05) is 12.1 Å². The quantitative estimate of drug-likeness (QED) is 0.477. The Labute approximate surface area is 152 Å². The van der Waals surface area contributed by atoms with Gasteiger partial charge in [-0.25, -0.2) is 4.98 Å². The summed E-state index contributed by atoms with van der Waals surface area (Å²) >= 11 is 3.59. The Kier molecular flexibility index (Phi) is 3.93. The molecule has 3 heterocycles. The van der Waals surface area contributed by atoms with Gasteiger partial charge >= 0.3 is 0 Å². The Bertz CT molecular complexity index is 1080. The second-order valence-corrected chi connectivity index (χ2v) is 6.46. The van der Waals surface area contributed by atoms with E-state index in [-0.39, 0.29) is 0 Å². The summed E-state index contributed by atoms with van der Waals surface area (Å²) in [6.07, 6.45) is 5.67. The van der Waals surface area contributed by atoms with Gasteiger partial charge in [-0.2, -0.15) is 5.10 Å². The van der Waals surface area contributed by atoms with Crippen LogP contribution in [0.1, 0.15) is 6.92 Å². The molecule has 0 saturated carbocycles. The van der Waals surface area contributed by atoms with Crippen molar-refractivity contribution < 1.29 is 0 Å². The van der Waals surface area contributed by atoms with Gasteiger partial charge in [0.05, 0.1) is 0 Å². The standard InChI is InChI=1S/C18H14BrN5O/c1-2-24-10-14(13-6-7-20-18-16(13)15(19)9-21-18)17(22-24)11-4-3-5-12(8-11)23-25/h3-10H,2H2,1H3,(H,20,21). The Morgan fingerprint density at radius 2 is 2.16 bits per heavy atom. The molecule has 25 heavy (non-hydrogen) atoms. The van der Waals surface area contributed by atoms with E-state index in [0.717, 1.165) is 44.4 Å². The monoisotopic (exact) mass is 395 g/mol. The number of aryl methyl sites for hydroxylation is 1. The van der Waals surface area contributed by atoms with E-state index in [2.05, 4.69) is 31.1 Å². The molecular formula is C18H14BrN5O.